The van der Waals surface area contributed by atoms with Gasteiger partial charge in [0, 0.05) is 6.26 Å². The molecule has 6 nitrogen and oxygen atoms in total. The highest BCUT2D eigenvalue weighted by atomic mass is 32.2. The Morgan fingerprint density at radius 1 is 1.50 bits per heavy atom. The Morgan fingerprint density at radius 3 is 2.33 bits per heavy atom. The first-order chi connectivity index (χ1) is 5.41. The van der Waals surface area contributed by atoms with Crippen LogP contribution in [0.3, 0.4) is 0 Å². The van der Waals surface area contributed by atoms with Gasteiger partial charge in [-0.3, -0.25) is 0 Å². The number of rotatable bonds is 2. The van der Waals surface area contributed by atoms with E-state index < -0.39 is 21.1 Å². The highest BCUT2D eigenvalue weighted by Crippen LogP contribution is 2.10. The van der Waals surface area contributed by atoms with Crippen molar-refractivity contribution < 1.29 is 12.8 Å². The van der Waals surface area contributed by atoms with E-state index in [4.69, 9.17) is 10.2 Å². The van der Waals surface area contributed by atoms with Gasteiger partial charge in [-0.15, -0.1) is 5.10 Å². The van der Waals surface area contributed by atoms with Crippen LogP contribution in [0.25, 0.3) is 0 Å². The zero-order chi connectivity index (χ0) is 9.35. The minimum absolute atomic E-state index is 0.121. The lowest BCUT2D eigenvalue weighted by molar-refractivity contribution is 0.381. The van der Waals surface area contributed by atoms with Crippen molar-refractivity contribution in [3.05, 3.63) is 5.89 Å². The third-order valence-electron chi connectivity index (χ3n) is 1.13. The lowest BCUT2D eigenvalue weighted by atomic mass is 10.4. The average molecular weight is 191 g/mol. The molecule has 1 unspecified atom stereocenters. The predicted octanol–water partition coefficient (Wildman–Crippen LogP) is -0.507. The van der Waals surface area contributed by atoms with Crippen molar-refractivity contribution in [1.29, 1.82) is 0 Å². The third-order valence-corrected chi connectivity index (χ3v) is 1.93. The van der Waals surface area contributed by atoms with Crippen molar-refractivity contribution in [1.82, 2.24) is 10.2 Å². The molecule has 1 aromatic heterocycles. The van der Waals surface area contributed by atoms with E-state index in [1.807, 2.05) is 0 Å². The summed E-state index contributed by atoms with van der Waals surface area (Å²) in [6, 6.07) is -0.451. The summed E-state index contributed by atoms with van der Waals surface area (Å²) < 4.78 is 26.4. The molecule has 2 N–H and O–H groups in total. The fraction of sp³-hybridized carbons (Fsp3) is 0.600. The van der Waals surface area contributed by atoms with Crippen LogP contribution in [0.1, 0.15) is 18.9 Å². The number of nitrogens with zero attached hydrogens (tertiary/aromatic N) is 2. The normalized spacial score (nSPS) is 14.6. The minimum atomic E-state index is -3.41. The van der Waals surface area contributed by atoms with Crippen LogP contribution < -0.4 is 5.73 Å². The maximum absolute atomic E-state index is 10.8. The first kappa shape index (κ1) is 9.14. The lowest BCUT2D eigenvalue weighted by Gasteiger charge is -1.93. The molecule has 0 fully saturated rings. The van der Waals surface area contributed by atoms with Crippen molar-refractivity contribution in [3.8, 4) is 0 Å². The Kier molecular flexibility index (Phi) is 2.16. The maximum atomic E-state index is 10.8. The van der Waals surface area contributed by atoms with E-state index in [0.29, 0.717) is 0 Å². The van der Waals surface area contributed by atoms with Crippen molar-refractivity contribution in [2.24, 2.45) is 5.73 Å². The van der Waals surface area contributed by atoms with Crippen LogP contribution in [0.15, 0.2) is 9.64 Å². The molecule has 1 heterocycles. The van der Waals surface area contributed by atoms with E-state index in [2.05, 4.69) is 10.2 Å². The van der Waals surface area contributed by atoms with Crippen molar-refractivity contribution in [2.45, 2.75) is 18.2 Å². The highest BCUT2D eigenvalue weighted by Gasteiger charge is 2.17. The van der Waals surface area contributed by atoms with Crippen LogP contribution in [-0.4, -0.2) is 24.9 Å². The van der Waals surface area contributed by atoms with Gasteiger partial charge in [-0.25, -0.2) is 8.42 Å². The van der Waals surface area contributed by atoms with E-state index in [1.165, 1.54) is 0 Å². The van der Waals surface area contributed by atoms with Gasteiger partial charge in [0.25, 0.3) is 0 Å². The Hall–Kier alpha value is -0.950. The topological polar surface area (TPSA) is 99.1 Å². The van der Waals surface area contributed by atoms with E-state index in [1.54, 1.807) is 6.92 Å². The second-order valence-electron chi connectivity index (χ2n) is 2.47. The Balaban J connectivity index is 3.09. The van der Waals surface area contributed by atoms with E-state index in [0.717, 1.165) is 6.26 Å². The summed E-state index contributed by atoms with van der Waals surface area (Å²) in [5, 5.41) is 6.39. The summed E-state index contributed by atoms with van der Waals surface area (Å²) in [4.78, 5) is 0. The molecule has 1 rings (SSSR count). The van der Waals surface area contributed by atoms with Crippen LogP contribution >= 0.6 is 0 Å². The van der Waals surface area contributed by atoms with Crippen LogP contribution in [0.2, 0.25) is 0 Å². The molecule has 0 bridgehead atoms. The molecule has 12 heavy (non-hydrogen) atoms. The molecule has 0 saturated heterocycles. The van der Waals surface area contributed by atoms with Crippen LogP contribution in [0.5, 0.6) is 0 Å². The molecule has 0 aromatic carbocycles. The van der Waals surface area contributed by atoms with E-state index in [-0.39, 0.29) is 5.89 Å². The number of hydrogen-bond acceptors (Lipinski definition) is 6. The Labute approximate surface area is 69.7 Å². The largest absolute Gasteiger partial charge is 0.411 e. The molecule has 0 radical (unpaired) electrons. The van der Waals surface area contributed by atoms with E-state index in [9.17, 15) is 8.42 Å². The molecule has 68 valence electrons. The van der Waals surface area contributed by atoms with Gasteiger partial charge in [-0.05, 0) is 6.92 Å². The van der Waals surface area contributed by atoms with Crippen molar-refractivity contribution in [2.75, 3.05) is 6.26 Å². The van der Waals surface area contributed by atoms with Crippen LogP contribution in [0, 0.1) is 0 Å². The Bertz CT molecular complexity index is 367. The Morgan fingerprint density at radius 2 is 2.08 bits per heavy atom. The summed E-state index contributed by atoms with van der Waals surface area (Å²) >= 11 is 0. The molecule has 7 heteroatoms. The summed E-state index contributed by atoms with van der Waals surface area (Å²) in [6.45, 7) is 1.62. The number of sulfone groups is 1. The van der Waals surface area contributed by atoms with Gasteiger partial charge in [0.2, 0.25) is 15.7 Å². The van der Waals surface area contributed by atoms with Gasteiger partial charge < -0.3 is 10.2 Å². The average Bonchev–Trinajstić information content (AvgIpc) is 2.30. The fourth-order valence-corrected chi connectivity index (χ4v) is 0.980. The van der Waals surface area contributed by atoms with Gasteiger partial charge in [-0.1, -0.05) is 5.10 Å². The van der Waals surface area contributed by atoms with Gasteiger partial charge in [-0.2, -0.15) is 0 Å². The number of aromatic nitrogens is 2. The van der Waals surface area contributed by atoms with Crippen LogP contribution in [0.4, 0.5) is 0 Å². The molecule has 0 aliphatic rings. The zero-order valence-electron chi connectivity index (χ0n) is 6.68. The number of hydrogen-bond donors (Lipinski definition) is 1. The van der Waals surface area contributed by atoms with Crippen LogP contribution in [-0.2, 0) is 9.84 Å². The molecule has 0 aliphatic carbocycles. The second-order valence-corrected chi connectivity index (χ2v) is 4.36. The lowest BCUT2D eigenvalue weighted by Crippen LogP contribution is -2.04. The summed E-state index contributed by atoms with van der Waals surface area (Å²) in [5.41, 5.74) is 5.38. The smallest absolute Gasteiger partial charge is 0.335 e. The summed E-state index contributed by atoms with van der Waals surface area (Å²) in [6.07, 6.45) is 0.992. The molecule has 1 atom stereocenters. The number of nitrogens with two attached hydrogens (primary N) is 1. The quantitative estimate of drug-likeness (QED) is 0.676. The maximum Gasteiger partial charge on any atom is 0.335 e. The van der Waals surface area contributed by atoms with Gasteiger partial charge in [0.05, 0.1) is 6.04 Å². The van der Waals surface area contributed by atoms with Gasteiger partial charge in [0.15, 0.2) is 0 Å². The summed E-state index contributed by atoms with van der Waals surface area (Å²) in [5.74, 6) is 0.121. The SMILES string of the molecule is CC(N)c1nnc(S(C)(=O)=O)o1. The van der Waals surface area contributed by atoms with E-state index >= 15 is 0 Å². The molecule has 1 aromatic rings. The molecule has 0 aliphatic heterocycles. The minimum Gasteiger partial charge on any atom is -0.411 e. The van der Waals surface area contributed by atoms with Gasteiger partial charge in [0.1, 0.15) is 0 Å². The molecule has 0 saturated carbocycles. The summed E-state index contributed by atoms with van der Waals surface area (Å²) in [7, 11) is -3.41. The van der Waals surface area contributed by atoms with Crippen molar-refractivity contribution in [3.63, 3.8) is 0 Å². The second kappa shape index (κ2) is 2.83. The van der Waals surface area contributed by atoms with Crippen molar-refractivity contribution >= 4 is 9.84 Å². The molecule has 0 amide bonds. The fourth-order valence-electron chi connectivity index (χ4n) is 0.554. The molecular weight excluding hydrogens is 182 g/mol. The standard InChI is InChI=1S/C5H9N3O3S/c1-3(6)4-7-8-5(11-4)12(2,9)10/h3H,6H2,1-2H3. The van der Waals surface area contributed by atoms with Gasteiger partial charge >= 0.3 is 5.22 Å². The molecule has 0 spiro atoms. The zero-order valence-corrected chi connectivity index (χ0v) is 7.50. The monoisotopic (exact) mass is 191 g/mol. The molecular formula is C5H9N3O3S. The predicted molar refractivity (Wildman–Crippen MR) is 40.0 cm³/mol. The first-order valence-electron chi connectivity index (χ1n) is 3.20. The third kappa shape index (κ3) is 1.80. The first-order valence-corrected chi connectivity index (χ1v) is 5.09. The highest BCUT2D eigenvalue weighted by molar-refractivity contribution is 7.90.